The minimum absolute atomic E-state index is 0.397. The van der Waals surface area contributed by atoms with Crippen LogP contribution in [0.3, 0.4) is 0 Å². The Kier molecular flexibility index (Phi) is 3.43. The molecule has 0 spiro atoms. The zero-order chi connectivity index (χ0) is 9.84. The topological polar surface area (TPSA) is 26.0 Å². The van der Waals surface area contributed by atoms with Gasteiger partial charge in [-0.05, 0) is 37.9 Å². The Hall–Kier alpha value is -0.890. The first kappa shape index (κ1) is 10.2. The molecule has 0 saturated carbocycles. The number of rotatable bonds is 3. The van der Waals surface area contributed by atoms with Gasteiger partial charge in [-0.15, -0.1) is 0 Å². The van der Waals surface area contributed by atoms with E-state index in [2.05, 4.69) is 0 Å². The van der Waals surface area contributed by atoms with E-state index >= 15 is 0 Å². The fourth-order valence-electron chi connectivity index (χ4n) is 1.40. The van der Waals surface area contributed by atoms with Crippen LogP contribution < -0.4 is 5.73 Å². The van der Waals surface area contributed by atoms with Crippen molar-refractivity contribution in [3.63, 3.8) is 0 Å². The average Bonchev–Trinajstić information content (AvgIpc) is 2.09. The van der Waals surface area contributed by atoms with Crippen molar-refractivity contribution in [2.24, 2.45) is 5.73 Å². The molecule has 2 heteroatoms. The van der Waals surface area contributed by atoms with Crippen LogP contribution >= 0.6 is 0 Å². The first-order chi connectivity index (χ1) is 6.15. The second-order valence-electron chi connectivity index (χ2n) is 3.40. The smallest absolute Gasteiger partial charge is 0.127 e. The van der Waals surface area contributed by atoms with E-state index in [9.17, 15) is 4.39 Å². The van der Waals surface area contributed by atoms with Gasteiger partial charge >= 0.3 is 0 Å². The summed E-state index contributed by atoms with van der Waals surface area (Å²) < 4.78 is 13.5. The normalized spacial score (nSPS) is 12.9. The van der Waals surface area contributed by atoms with E-state index in [4.69, 9.17) is 5.73 Å². The maximum absolute atomic E-state index is 13.5. The molecule has 0 aliphatic heterocycles. The third kappa shape index (κ3) is 2.52. The van der Waals surface area contributed by atoms with Crippen LogP contribution in [0.2, 0.25) is 0 Å². The summed E-state index contributed by atoms with van der Waals surface area (Å²) in [6, 6.07) is 5.84. The predicted octanol–water partition coefficient (Wildman–Crippen LogP) is 2.66. The number of halogens is 1. The molecular weight excluding hydrogens is 165 g/mol. The third-order valence-electron chi connectivity index (χ3n) is 2.19. The zero-order valence-corrected chi connectivity index (χ0v) is 8.18. The highest BCUT2D eigenvalue weighted by molar-refractivity contribution is 5.32. The molecule has 2 N–H and O–H groups in total. The molecule has 0 radical (unpaired) electrons. The fraction of sp³-hybridized carbons (Fsp3) is 0.455. The highest BCUT2D eigenvalue weighted by Crippen LogP contribution is 2.24. The van der Waals surface area contributed by atoms with Crippen LogP contribution in [0, 0.1) is 13.8 Å². The number of nitrogens with two attached hydrogens (primary N) is 1. The average molecular weight is 181 g/mol. The highest BCUT2D eigenvalue weighted by atomic mass is 19.1. The molecule has 1 rings (SSSR count). The number of hydrogen-bond donors (Lipinski definition) is 1. The summed E-state index contributed by atoms with van der Waals surface area (Å²) in [7, 11) is 0. The number of aryl methyl sites for hydroxylation is 2. The zero-order valence-electron chi connectivity index (χ0n) is 8.18. The van der Waals surface area contributed by atoms with Crippen LogP contribution in [0.25, 0.3) is 0 Å². The van der Waals surface area contributed by atoms with Crippen LogP contribution in [0.1, 0.15) is 29.3 Å². The Bertz CT molecular complexity index is 283. The lowest BCUT2D eigenvalue weighted by atomic mass is 10.00. The highest BCUT2D eigenvalue weighted by Gasteiger charge is 2.10. The second kappa shape index (κ2) is 4.38. The van der Waals surface area contributed by atoms with Crippen LogP contribution in [0.15, 0.2) is 18.2 Å². The van der Waals surface area contributed by atoms with Crippen LogP contribution in [-0.4, -0.2) is 6.54 Å². The Morgan fingerprint density at radius 3 is 2.69 bits per heavy atom. The number of hydrogen-bond acceptors (Lipinski definition) is 1. The molecular formula is C11H16FN. The van der Waals surface area contributed by atoms with Gasteiger partial charge in [-0.3, -0.25) is 0 Å². The molecule has 1 aromatic rings. The summed E-state index contributed by atoms with van der Waals surface area (Å²) >= 11 is 0. The fourth-order valence-corrected chi connectivity index (χ4v) is 1.40. The predicted molar refractivity (Wildman–Crippen MR) is 53.4 cm³/mol. The molecule has 0 aromatic heterocycles. The van der Waals surface area contributed by atoms with E-state index in [1.54, 1.807) is 0 Å². The minimum Gasteiger partial charge on any atom is -0.330 e. The summed E-state index contributed by atoms with van der Waals surface area (Å²) in [4.78, 5) is 0. The quantitative estimate of drug-likeness (QED) is 0.762. The molecule has 0 bridgehead atoms. The van der Waals surface area contributed by atoms with Gasteiger partial charge < -0.3 is 5.73 Å². The molecule has 0 aliphatic carbocycles. The Morgan fingerprint density at radius 2 is 2.08 bits per heavy atom. The lowest BCUT2D eigenvalue weighted by molar-refractivity contribution is 0.326. The summed E-state index contributed by atoms with van der Waals surface area (Å²) in [5.41, 5.74) is 8.20. The summed E-state index contributed by atoms with van der Waals surface area (Å²) in [6.07, 6.45) is -0.505. The number of alkyl halides is 1. The van der Waals surface area contributed by atoms with E-state index in [0.717, 1.165) is 16.7 Å². The Balaban J connectivity index is 2.91. The van der Waals surface area contributed by atoms with Crippen molar-refractivity contribution in [3.05, 3.63) is 34.9 Å². The molecule has 1 unspecified atom stereocenters. The molecule has 1 aromatic carbocycles. The first-order valence-corrected chi connectivity index (χ1v) is 4.56. The van der Waals surface area contributed by atoms with Crippen molar-refractivity contribution in [2.75, 3.05) is 6.54 Å². The van der Waals surface area contributed by atoms with Gasteiger partial charge in [0.05, 0.1) is 0 Å². The van der Waals surface area contributed by atoms with Gasteiger partial charge in [0, 0.05) is 0 Å². The van der Waals surface area contributed by atoms with Gasteiger partial charge in [0.25, 0.3) is 0 Å². The molecule has 72 valence electrons. The van der Waals surface area contributed by atoms with Crippen molar-refractivity contribution in [2.45, 2.75) is 26.4 Å². The van der Waals surface area contributed by atoms with E-state index in [0.29, 0.717) is 13.0 Å². The Morgan fingerprint density at radius 1 is 1.38 bits per heavy atom. The summed E-state index contributed by atoms with van der Waals surface area (Å²) in [6.45, 7) is 4.30. The molecule has 0 fully saturated rings. The van der Waals surface area contributed by atoms with Crippen LogP contribution in [0.5, 0.6) is 0 Å². The van der Waals surface area contributed by atoms with Crippen molar-refractivity contribution in [1.29, 1.82) is 0 Å². The van der Waals surface area contributed by atoms with E-state index in [-0.39, 0.29) is 0 Å². The standard InChI is InChI=1S/C11H16FN/c1-8-3-4-9(2)10(7-8)11(12)5-6-13/h3-4,7,11H,5-6,13H2,1-2H3. The van der Waals surface area contributed by atoms with Crippen LogP contribution in [0.4, 0.5) is 4.39 Å². The van der Waals surface area contributed by atoms with Gasteiger partial charge in [-0.1, -0.05) is 23.8 Å². The molecule has 1 atom stereocenters. The summed E-state index contributed by atoms with van der Waals surface area (Å²) in [5.74, 6) is 0. The first-order valence-electron chi connectivity index (χ1n) is 4.56. The molecule has 1 nitrogen and oxygen atoms in total. The monoisotopic (exact) mass is 181 g/mol. The number of benzene rings is 1. The maximum atomic E-state index is 13.5. The van der Waals surface area contributed by atoms with E-state index in [1.807, 2.05) is 32.0 Å². The molecule has 0 saturated heterocycles. The lowest BCUT2D eigenvalue weighted by Gasteiger charge is -2.11. The molecule has 0 amide bonds. The van der Waals surface area contributed by atoms with Crippen molar-refractivity contribution >= 4 is 0 Å². The van der Waals surface area contributed by atoms with Crippen molar-refractivity contribution in [3.8, 4) is 0 Å². The molecule has 0 heterocycles. The SMILES string of the molecule is Cc1ccc(C)c(C(F)CCN)c1. The van der Waals surface area contributed by atoms with Gasteiger partial charge in [-0.25, -0.2) is 4.39 Å². The van der Waals surface area contributed by atoms with Crippen molar-refractivity contribution in [1.82, 2.24) is 0 Å². The molecule has 0 aliphatic rings. The summed E-state index contributed by atoms with van der Waals surface area (Å²) in [5, 5.41) is 0. The van der Waals surface area contributed by atoms with Gasteiger partial charge in [0.1, 0.15) is 6.17 Å². The third-order valence-corrected chi connectivity index (χ3v) is 2.19. The van der Waals surface area contributed by atoms with Crippen molar-refractivity contribution < 1.29 is 4.39 Å². The van der Waals surface area contributed by atoms with E-state index < -0.39 is 6.17 Å². The van der Waals surface area contributed by atoms with E-state index in [1.165, 1.54) is 0 Å². The van der Waals surface area contributed by atoms with Gasteiger partial charge in [0.2, 0.25) is 0 Å². The lowest BCUT2D eigenvalue weighted by Crippen LogP contribution is -2.05. The molecule has 13 heavy (non-hydrogen) atoms. The largest absolute Gasteiger partial charge is 0.330 e. The minimum atomic E-state index is -0.912. The van der Waals surface area contributed by atoms with Gasteiger partial charge in [0.15, 0.2) is 0 Å². The van der Waals surface area contributed by atoms with Gasteiger partial charge in [-0.2, -0.15) is 0 Å². The van der Waals surface area contributed by atoms with Crippen LogP contribution in [-0.2, 0) is 0 Å². The second-order valence-corrected chi connectivity index (χ2v) is 3.40. The Labute approximate surface area is 78.8 Å². The maximum Gasteiger partial charge on any atom is 0.127 e.